The zero-order chi connectivity index (χ0) is 24.3. The van der Waals surface area contributed by atoms with Crippen LogP contribution in [0.4, 0.5) is 4.79 Å². The van der Waals surface area contributed by atoms with Gasteiger partial charge in [0, 0.05) is 11.5 Å². The van der Waals surface area contributed by atoms with Crippen molar-refractivity contribution in [3.63, 3.8) is 0 Å². The molecule has 1 amide bonds. The van der Waals surface area contributed by atoms with Gasteiger partial charge in [-0.25, -0.2) is 9.59 Å². The summed E-state index contributed by atoms with van der Waals surface area (Å²) >= 11 is 0. The number of ether oxygens (including phenoxy) is 1. The van der Waals surface area contributed by atoms with Crippen molar-refractivity contribution in [2.45, 2.75) is 107 Å². The molecule has 6 nitrogen and oxygen atoms in total. The minimum atomic E-state index is -1.36. The number of hydrogen-bond acceptors (Lipinski definition) is 4. The Labute approximate surface area is 187 Å². The maximum Gasteiger partial charge on any atom is 0.407 e. The van der Waals surface area contributed by atoms with Crippen molar-refractivity contribution in [2.75, 3.05) is 0 Å². The van der Waals surface area contributed by atoms with E-state index in [1.54, 1.807) is 0 Å². The first-order chi connectivity index (χ1) is 13.2. The highest BCUT2D eigenvalue weighted by Crippen LogP contribution is 2.53. The third kappa shape index (κ3) is 6.71. The van der Waals surface area contributed by atoms with E-state index in [2.05, 4.69) is 39.9 Å². The van der Waals surface area contributed by atoms with Crippen LogP contribution in [-0.2, 0) is 14.0 Å². The van der Waals surface area contributed by atoms with Gasteiger partial charge in [0.2, 0.25) is 0 Å². The molecule has 0 spiro atoms. The van der Waals surface area contributed by atoms with E-state index < -0.39 is 28.7 Å². The standard InChI is InChI=1S/C23H47NO5Si/c1-14(2)13-16(24-19(27)28-21(8,9)10)17(20(5,6)7)22(11,12)23(29-30,15(3)4)18(25)26/h14-17H,13H2,1-12,30H3,(H,24,27)(H,25,26)/t16-,17-,23+/m0/s1. The highest BCUT2D eigenvalue weighted by atomic mass is 28.2. The van der Waals surface area contributed by atoms with Gasteiger partial charge >= 0.3 is 12.1 Å². The van der Waals surface area contributed by atoms with E-state index in [9.17, 15) is 14.7 Å². The van der Waals surface area contributed by atoms with Crippen LogP contribution in [0.2, 0.25) is 0 Å². The van der Waals surface area contributed by atoms with Gasteiger partial charge in [0.25, 0.3) is 0 Å². The predicted molar refractivity (Wildman–Crippen MR) is 126 cm³/mol. The molecule has 3 atom stereocenters. The second-order valence-corrected chi connectivity index (χ2v) is 12.3. The Balaban J connectivity index is 6.58. The molecule has 0 saturated heterocycles. The lowest BCUT2D eigenvalue weighted by atomic mass is 9.53. The van der Waals surface area contributed by atoms with Crippen molar-refractivity contribution < 1.29 is 23.9 Å². The summed E-state index contributed by atoms with van der Waals surface area (Å²) in [5.74, 6) is -1.07. The average molecular weight is 446 g/mol. The summed E-state index contributed by atoms with van der Waals surface area (Å²) in [6.07, 6.45) is 0.231. The number of alkyl carbamates (subject to hydrolysis) is 1. The zero-order valence-corrected chi connectivity index (χ0v) is 23.6. The highest BCUT2D eigenvalue weighted by Gasteiger charge is 2.60. The maximum atomic E-state index is 12.7. The van der Waals surface area contributed by atoms with E-state index in [0.717, 1.165) is 0 Å². The highest BCUT2D eigenvalue weighted by molar-refractivity contribution is 6.00. The molecule has 0 radical (unpaired) electrons. The average Bonchev–Trinajstić information content (AvgIpc) is 2.41. The summed E-state index contributed by atoms with van der Waals surface area (Å²) in [6, 6.07) is -0.274. The molecule has 0 aromatic heterocycles. The SMILES string of the molecule is CC(C)C[C@H](NC(=O)OC(C)(C)C)[C@@H](C(C)(C)C)C(C)(C)[C@](O[SiH3])(C(=O)O)C(C)C. The van der Waals surface area contributed by atoms with Crippen LogP contribution in [0, 0.1) is 28.6 Å². The van der Waals surface area contributed by atoms with E-state index >= 15 is 0 Å². The van der Waals surface area contributed by atoms with Gasteiger partial charge in [-0.2, -0.15) is 0 Å². The third-order valence-electron chi connectivity index (χ3n) is 5.95. The van der Waals surface area contributed by atoms with Crippen LogP contribution >= 0.6 is 0 Å². The van der Waals surface area contributed by atoms with E-state index in [1.165, 1.54) is 0 Å². The Morgan fingerprint density at radius 2 is 1.43 bits per heavy atom. The number of hydrogen-bond donors (Lipinski definition) is 2. The molecule has 0 aliphatic rings. The van der Waals surface area contributed by atoms with Crippen molar-refractivity contribution in [3.05, 3.63) is 0 Å². The van der Waals surface area contributed by atoms with Gasteiger partial charge in [-0.15, -0.1) is 0 Å². The summed E-state index contributed by atoms with van der Waals surface area (Å²) in [5, 5.41) is 13.4. The lowest BCUT2D eigenvalue weighted by Gasteiger charge is -2.56. The molecule has 0 heterocycles. The minimum absolute atomic E-state index is 0.188. The molecule has 0 rings (SSSR count). The number of carbonyl (C=O) groups excluding carboxylic acids is 1. The van der Waals surface area contributed by atoms with Crippen LogP contribution < -0.4 is 5.32 Å². The van der Waals surface area contributed by atoms with Crippen LogP contribution in [0.3, 0.4) is 0 Å². The van der Waals surface area contributed by atoms with Crippen molar-refractivity contribution >= 4 is 22.5 Å². The molecule has 2 N–H and O–H groups in total. The Morgan fingerprint density at radius 1 is 0.967 bits per heavy atom. The lowest BCUT2D eigenvalue weighted by molar-refractivity contribution is -0.188. The van der Waals surface area contributed by atoms with E-state index in [0.29, 0.717) is 22.8 Å². The van der Waals surface area contributed by atoms with Crippen LogP contribution in [0.1, 0.15) is 89.5 Å². The van der Waals surface area contributed by atoms with Gasteiger partial charge in [0.1, 0.15) is 16.1 Å². The monoisotopic (exact) mass is 445 g/mol. The third-order valence-corrected chi connectivity index (χ3v) is 6.59. The van der Waals surface area contributed by atoms with Gasteiger partial charge < -0.3 is 19.6 Å². The van der Waals surface area contributed by atoms with Gasteiger partial charge in [0.15, 0.2) is 5.60 Å². The van der Waals surface area contributed by atoms with Gasteiger partial charge in [-0.05, 0) is 50.4 Å². The number of aliphatic carboxylic acids is 1. The van der Waals surface area contributed by atoms with Crippen LogP contribution in [0.5, 0.6) is 0 Å². The summed E-state index contributed by atoms with van der Waals surface area (Å²) in [7, 11) is 0.299. The number of rotatable bonds is 9. The molecule has 0 unspecified atom stereocenters. The van der Waals surface area contributed by atoms with E-state index in [4.69, 9.17) is 9.16 Å². The fraction of sp³-hybridized carbons (Fsp3) is 0.913. The van der Waals surface area contributed by atoms with Crippen molar-refractivity contribution in [3.8, 4) is 0 Å². The second-order valence-electron chi connectivity index (χ2n) is 11.8. The molecule has 0 aliphatic heterocycles. The first-order valence-corrected chi connectivity index (χ1v) is 11.8. The molecule has 0 fully saturated rings. The van der Waals surface area contributed by atoms with E-state index in [1.807, 2.05) is 48.5 Å². The lowest BCUT2D eigenvalue weighted by Crippen LogP contribution is -2.65. The molecule has 0 bridgehead atoms. The van der Waals surface area contributed by atoms with E-state index in [-0.39, 0.29) is 23.3 Å². The molecule has 0 aromatic carbocycles. The predicted octanol–water partition coefficient (Wildman–Crippen LogP) is 4.39. The fourth-order valence-electron chi connectivity index (χ4n) is 5.52. The van der Waals surface area contributed by atoms with Gasteiger partial charge in [-0.1, -0.05) is 62.3 Å². The zero-order valence-electron chi connectivity index (χ0n) is 21.6. The summed E-state index contributed by atoms with van der Waals surface area (Å²) < 4.78 is 11.5. The first kappa shape index (κ1) is 28.9. The topological polar surface area (TPSA) is 84.9 Å². The summed E-state index contributed by atoms with van der Waals surface area (Å²) in [6.45, 7) is 23.7. The Kier molecular flexibility index (Phi) is 9.66. The Bertz CT molecular complexity index is 589. The van der Waals surface area contributed by atoms with Crippen molar-refractivity contribution in [2.24, 2.45) is 28.6 Å². The first-order valence-electron chi connectivity index (χ1n) is 11.0. The van der Waals surface area contributed by atoms with Crippen molar-refractivity contribution in [1.82, 2.24) is 5.32 Å². The van der Waals surface area contributed by atoms with Crippen LogP contribution in [0.25, 0.3) is 0 Å². The molecule has 30 heavy (non-hydrogen) atoms. The normalized spacial score (nSPS) is 17.5. The number of carboxylic acids is 1. The molecule has 0 aliphatic carbocycles. The summed E-state index contributed by atoms with van der Waals surface area (Å²) in [4.78, 5) is 25.3. The number of amides is 1. The molecular weight excluding hydrogens is 398 g/mol. The number of nitrogens with one attached hydrogen (secondary N) is 1. The Hall–Kier alpha value is -1.08. The minimum Gasteiger partial charge on any atom is -0.479 e. The molecule has 178 valence electrons. The van der Waals surface area contributed by atoms with Gasteiger partial charge in [0.05, 0.1) is 0 Å². The van der Waals surface area contributed by atoms with Crippen LogP contribution in [0.15, 0.2) is 0 Å². The molecule has 7 heteroatoms. The number of carboxylic acid groups (broad SMARTS) is 1. The molecule has 0 saturated carbocycles. The number of carbonyl (C=O) groups is 2. The van der Waals surface area contributed by atoms with Crippen LogP contribution in [-0.4, -0.2) is 44.9 Å². The van der Waals surface area contributed by atoms with Crippen molar-refractivity contribution in [1.29, 1.82) is 0 Å². The second kappa shape index (κ2) is 10.0. The quantitative estimate of drug-likeness (QED) is 0.514. The summed E-state index contributed by atoms with van der Waals surface area (Å²) in [5.41, 5.74) is -3.04. The largest absolute Gasteiger partial charge is 0.479 e. The Morgan fingerprint density at radius 3 is 1.70 bits per heavy atom. The fourth-order valence-corrected chi connectivity index (χ4v) is 6.69. The molecular formula is C23H47NO5Si. The maximum absolute atomic E-state index is 12.7. The smallest absolute Gasteiger partial charge is 0.407 e. The molecule has 0 aromatic rings. The van der Waals surface area contributed by atoms with Gasteiger partial charge in [-0.3, -0.25) is 0 Å².